The van der Waals surface area contributed by atoms with Gasteiger partial charge in [0.15, 0.2) is 0 Å². The van der Waals surface area contributed by atoms with Crippen molar-refractivity contribution in [2.45, 2.75) is 30.6 Å². The molecule has 2 unspecified atom stereocenters. The molecule has 1 fully saturated rings. The number of pyridine rings is 1. The number of nitrogens with zero attached hydrogens (tertiary/aromatic N) is 1. The summed E-state index contributed by atoms with van der Waals surface area (Å²) in [6, 6.07) is 16.9. The quantitative estimate of drug-likeness (QED) is 0.901. The number of benzene rings is 1. The third-order valence-electron chi connectivity index (χ3n) is 4.10. The Labute approximate surface area is 131 Å². The zero-order chi connectivity index (χ0) is 14.5. The van der Waals surface area contributed by atoms with Crippen LogP contribution in [0.5, 0.6) is 0 Å². The van der Waals surface area contributed by atoms with Gasteiger partial charge in [0, 0.05) is 17.5 Å². The number of thioether (sulfide) groups is 1. The highest BCUT2D eigenvalue weighted by molar-refractivity contribution is 8.00. The molecule has 2 nitrogen and oxygen atoms in total. The first-order chi connectivity index (χ1) is 10.3. The monoisotopic (exact) mass is 298 g/mol. The maximum Gasteiger partial charge on any atom is 0.0751 e. The summed E-state index contributed by atoms with van der Waals surface area (Å²) < 4.78 is 0.363. The van der Waals surface area contributed by atoms with E-state index in [1.807, 2.05) is 12.3 Å². The van der Waals surface area contributed by atoms with Crippen LogP contribution < -0.4 is 5.32 Å². The lowest BCUT2D eigenvalue weighted by molar-refractivity contribution is 0.500. The molecule has 0 aliphatic carbocycles. The van der Waals surface area contributed by atoms with E-state index in [0.29, 0.717) is 4.75 Å². The Morgan fingerprint density at radius 1 is 1.19 bits per heavy atom. The summed E-state index contributed by atoms with van der Waals surface area (Å²) in [7, 11) is 0. The minimum Gasteiger partial charge on any atom is -0.304 e. The van der Waals surface area contributed by atoms with E-state index >= 15 is 0 Å². The number of nitrogens with one attached hydrogen (secondary N) is 1. The smallest absolute Gasteiger partial charge is 0.0751 e. The first kappa shape index (κ1) is 14.6. The molecule has 1 aliphatic rings. The summed E-state index contributed by atoms with van der Waals surface area (Å²) in [6.07, 6.45) is 4.51. The Bertz CT molecular complexity index is 510. The Hall–Kier alpha value is -1.32. The zero-order valence-electron chi connectivity index (χ0n) is 12.5. The fourth-order valence-corrected chi connectivity index (χ4v) is 4.14. The van der Waals surface area contributed by atoms with Crippen LogP contribution in [-0.2, 0) is 0 Å². The Balaban J connectivity index is 1.80. The van der Waals surface area contributed by atoms with E-state index in [2.05, 4.69) is 71.5 Å². The molecule has 3 rings (SSSR count). The summed E-state index contributed by atoms with van der Waals surface area (Å²) in [6.45, 7) is 3.39. The van der Waals surface area contributed by atoms with Gasteiger partial charge < -0.3 is 5.32 Å². The molecular formula is C18H22N2S. The van der Waals surface area contributed by atoms with Crippen molar-refractivity contribution in [3.63, 3.8) is 0 Å². The maximum absolute atomic E-state index is 4.55. The van der Waals surface area contributed by atoms with Crippen LogP contribution in [0, 0.1) is 0 Å². The Kier molecular flexibility index (Phi) is 4.61. The van der Waals surface area contributed by atoms with E-state index in [-0.39, 0.29) is 6.04 Å². The van der Waals surface area contributed by atoms with Gasteiger partial charge in [-0.1, -0.05) is 36.4 Å². The number of aromatic nitrogens is 1. The predicted octanol–water partition coefficient (Wildman–Crippen LogP) is 4.05. The summed E-state index contributed by atoms with van der Waals surface area (Å²) in [5, 5.41) is 3.75. The lowest BCUT2D eigenvalue weighted by atomic mass is 10.0. The largest absolute Gasteiger partial charge is 0.304 e. The van der Waals surface area contributed by atoms with Crippen molar-refractivity contribution in [2.24, 2.45) is 0 Å². The highest BCUT2D eigenvalue weighted by Gasteiger charge is 2.30. The van der Waals surface area contributed by atoms with Crippen LogP contribution in [0.2, 0.25) is 0 Å². The van der Waals surface area contributed by atoms with Crippen LogP contribution >= 0.6 is 11.8 Å². The summed E-state index contributed by atoms with van der Waals surface area (Å²) >= 11 is 2.09. The van der Waals surface area contributed by atoms with Crippen LogP contribution in [0.15, 0.2) is 54.7 Å². The maximum atomic E-state index is 4.55. The standard InChI is InChI=1S/C18H22N2S/c1-18(11-7-13-21-18)14-20-17(15-8-3-2-4-9-15)16-10-5-6-12-19-16/h2-6,8-10,12,17,20H,7,11,13-14H2,1H3. The molecule has 1 saturated heterocycles. The molecule has 0 saturated carbocycles. The number of hydrogen-bond donors (Lipinski definition) is 1. The van der Waals surface area contributed by atoms with Gasteiger partial charge in [0.2, 0.25) is 0 Å². The van der Waals surface area contributed by atoms with Crippen molar-refractivity contribution in [1.82, 2.24) is 10.3 Å². The molecule has 21 heavy (non-hydrogen) atoms. The fourth-order valence-electron chi connectivity index (χ4n) is 2.88. The molecule has 1 aliphatic heterocycles. The zero-order valence-corrected chi connectivity index (χ0v) is 13.3. The Morgan fingerprint density at radius 2 is 2.00 bits per heavy atom. The van der Waals surface area contributed by atoms with Crippen LogP contribution in [0.3, 0.4) is 0 Å². The lowest BCUT2D eigenvalue weighted by Crippen LogP contribution is -2.36. The van der Waals surface area contributed by atoms with Gasteiger partial charge in [-0.15, -0.1) is 0 Å². The van der Waals surface area contributed by atoms with Gasteiger partial charge >= 0.3 is 0 Å². The van der Waals surface area contributed by atoms with Crippen LogP contribution in [0.4, 0.5) is 0 Å². The molecular weight excluding hydrogens is 276 g/mol. The molecule has 3 heteroatoms. The molecule has 0 spiro atoms. The van der Waals surface area contributed by atoms with Crippen LogP contribution in [0.25, 0.3) is 0 Å². The van der Waals surface area contributed by atoms with Crippen molar-refractivity contribution in [3.8, 4) is 0 Å². The van der Waals surface area contributed by atoms with E-state index < -0.39 is 0 Å². The third kappa shape index (κ3) is 3.66. The number of hydrogen-bond acceptors (Lipinski definition) is 3. The average Bonchev–Trinajstić information content (AvgIpc) is 2.97. The molecule has 1 N–H and O–H groups in total. The van der Waals surface area contributed by atoms with Gasteiger partial charge in [-0.3, -0.25) is 4.98 Å². The van der Waals surface area contributed by atoms with Crippen molar-refractivity contribution < 1.29 is 0 Å². The Morgan fingerprint density at radius 3 is 2.67 bits per heavy atom. The van der Waals surface area contributed by atoms with Gasteiger partial charge in [0.1, 0.15) is 0 Å². The molecule has 0 amide bonds. The molecule has 1 aromatic carbocycles. The highest BCUT2D eigenvalue weighted by Crippen LogP contribution is 2.37. The summed E-state index contributed by atoms with van der Waals surface area (Å²) in [5.41, 5.74) is 2.37. The lowest BCUT2D eigenvalue weighted by Gasteiger charge is -2.27. The first-order valence-electron chi connectivity index (χ1n) is 7.60. The molecule has 2 heterocycles. The topological polar surface area (TPSA) is 24.9 Å². The summed E-state index contributed by atoms with van der Waals surface area (Å²) in [5.74, 6) is 1.29. The van der Waals surface area contributed by atoms with Crippen molar-refractivity contribution in [2.75, 3.05) is 12.3 Å². The van der Waals surface area contributed by atoms with E-state index in [1.54, 1.807) is 0 Å². The first-order valence-corrected chi connectivity index (χ1v) is 8.59. The minimum atomic E-state index is 0.172. The average molecular weight is 298 g/mol. The van der Waals surface area contributed by atoms with Crippen molar-refractivity contribution in [3.05, 3.63) is 66.0 Å². The molecule has 1 aromatic heterocycles. The van der Waals surface area contributed by atoms with E-state index in [4.69, 9.17) is 0 Å². The molecule has 2 aromatic rings. The fraction of sp³-hybridized carbons (Fsp3) is 0.389. The molecule has 110 valence electrons. The van der Waals surface area contributed by atoms with Crippen LogP contribution in [-0.4, -0.2) is 22.0 Å². The second kappa shape index (κ2) is 6.63. The van der Waals surface area contributed by atoms with Gasteiger partial charge in [-0.25, -0.2) is 0 Å². The normalized spacial score (nSPS) is 23.1. The second-order valence-corrected chi connectivity index (χ2v) is 7.56. The van der Waals surface area contributed by atoms with Gasteiger partial charge in [0.25, 0.3) is 0 Å². The molecule has 2 atom stereocenters. The van der Waals surface area contributed by atoms with Crippen LogP contribution in [0.1, 0.15) is 37.1 Å². The van der Waals surface area contributed by atoms with Gasteiger partial charge in [0.05, 0.1) is 11.7 Å². The molecule has 0 bridgehead atoms. The number of rotatable bonds is 5. The van der Waals surface area contributed by atoms with Gasteiger partial charge in [-0.05, 0) is 43.2 Å². The van der Waals surface area contributed by atoms with E-state index in [0.717, 1.165) is 12.2 Å². The van der Waals surface area contributed by atoms with Crippen molar-refractivity contribution in [1.29, 1.82) is 0 Å². The van der Waals surface area contributed by atoms with Gasteiger partial charge in [-0.2, -0.15) is 11.8 Å². The third-order valence-corrected chi connectivity index (χ3v) is 5.64. The van der Waals surface area contributed by atoms with Crippen molar-refractivity contribution >= 4 is 11.8 Å². The van der Waals surface area contributed by atoms with E-state index in [9.17, 15) is 0 Å². The minimum absolute atomic E-state index is 0.172. The summed E-state index contributed by atoms with van der Waals surface area (Å²) in [4.78, 5) is 4.55. The highest BCUT2D eigenvalue weighted by atomic mass is 32.2. The second-order valence-electron chi connectivity index (χ2n) is 5.88. The molecule has 0 radical (unpaired) electrons. The van der Waals surface area contributed by atoms with E-state index in [1.165, 1.54) is 24.2 Å². The SMILES string of the molecule is CC1(CNC(c2ccccc2)c2ccccn2)CCCS1. The predicted molar refractivity (Wildman–Crippen MR) is 90.6 cm³/mol.